The van der Waals surface area contributed by atoms with Crippen LogP contribution in [0, 0.1) is 0 Å². The van der Waals surface area contributed by atoms with Gasteiger partial charge in [0.25, 0.3) is 0 Å². The quantitative estimate of drug-likeness (QED) is 0.896. The number of carbonyl (C=O) groups is 2. The standard InChI is InChI=1S/C7H3BrF3NO3S/c8-3-1-2(4(16-3)5(13)14)12-6(15)7(9,10)11/h1H,(H,12,15)(H,13,14)/p-1. The topological polar surface area (TPSA) is 69.2 Å². The first-order valence-corrected chi connectivity index (χ1v) is 5.21. The number of carboxylic acid groups (broad SMARTS) is 1. The van der Waals surface area contributed by atoms with Gasteiger partial charge in [0.15, 0.2) is 0 Å². The second kappa shape index (κ2) is 4.42. The van der Waals surface area contributed by atoms with Crippen LogP contribution in [-0.2, 0) is 4.79 Å². The Morgan fingerprint density at radius 2 is 2.00 bits per heavy atom. The highest BCUT2D eigenvalue weighted by Gasteiger charge is 2.39. The highest BCUT2D eigenvalue weighted by atomic mass is 79.9. The molecule has 1 amide bonds. The molecule has 1 aromatic rings. The number of halogens is 4. The second-order valence-corrected chi connectivity index (χ2v) is 4.96. The van der Waals surface area contributed by atoms with Gasteiger partial charge in [0.05, 0.1) is 20.3 Å². The monoisotopic (exact) mass is 316 g/mol. The molecule has 0 spiro atoms. The van der Waals surface area contributed by atoms with Crippen LogP contribution in [-0.4, -0.2) is 18.1 Å². The summed E-state index contributed by atoms with van der Waals surface area (Å²) >= 11 is 3.53. The van der Waals surface area contributed by atoms with E-state index in [0.29, 0.717) is 11.3 Å². The number of carbonyl (C=O) groups excluding carboxylic acids is 2. The number of hydrogen-bond donors (Lipinski definition) is 1. The Hall–Kier alpha value is -1.09. The molecule has 0 unspecified atom stereocenters. The molecule has 4 nitrogen and oxygen atoms in total. The third kappa shape index (κ3) is 2.95. The number of rotatable bonds is 2. The molecular weight excluding hydrogens is 315 g/mol. The van der Waals surface area contributed by atoms with Gasteiger partial charge in [0.2, 0.25) is 0 Å². The number of aromatic carboxylic acids is 1. The lowest BCUT2D eigenvalue weighted by atomic mass is 10.4. The lowest BCUT2D eigenvalue weighted by Crippen LogP contribution is -2.31. The molecule has 0 saturated heterocycles. The molecule has 9 heteroatoms. The van der Waals surface area contributed by atoms with Crippen molar-refractivity contribution >= 4 is 44.8 Å². The third-order valence-corrected chi connectivity index (χ3v) is 3.01. The van der Waals surface area contributed by atoms with Crippen LogP contribution in [0.3, 0.4) is 0 Å². The first-order valence-electron chi connectivity index (χ1n) is 3.60. The largest absolute Gasteiger partial charge is 0.544 e. The van der Waals surface area contributed by atoms with E-state index in [9.17, 15) is 27.9 Å². The molecule has 0 aliphatic carbocycles. The van der Waals surface area contributed by atoms with E-state index in [1.54, 1.807) is 0 Å². The number of nitrogens with one attached hydrogen (secondary N) is 1. The number of carboxylic acids is 1. The molecule has 0 radical (unpaired) electrons. The van der Waals surface area contributed by atoms with Crippen molar-refractivity contribution in [3.05, 3.63) is 14.7 Å². The summed E-state index contributed by atoms with van der Waals surface area (Å²) in [6.07, 6.45) is -5.07. The normalized spacial score (nSPS) is 11.2. The lowest BCUT2D eigenvalue weighted by Gasteiger charge is -2.08. The number of alkyl halides is 3. The van der Waals surface area contributed by atoms with Crippen LogP contribution in [0.5, 0.6) is 0 Å². The Balaban J connectivity index is 2.98. The molecule has 0 aromatic carbocycles. The number of amides is 1. The molecule has 0 atom stereocenters. The maximum atomic E-state index is 11.9. The van der Waals surface area contributed by atoms with Crippen molar-refractivity contribution in [2.75, 3.05) is 5.32 Å². The van der Waals surface area contributed by atoms with E-state index >= 15 is 0 Å². The molecule has 0 bridgehead atoms. The van der Waals surface area contributed by atoms with Gasteiger partial charge in [-0.15, -0.1) is 11.3 Å². The predicted octanol–water partition coefficient (Wildman–Crippen LogP) is 1.37. The van der Waals surface area contributed by atoms with Gasteiger partial charge in [-0.2, -0.15) is 13.2 Å². The molecule has 1 rings (SSSR count). The van der Waals surface area contributed by atoms with Gasteiger partial charge in [0.1, 0.15) is 0 Å². The summed E-state index contributed by atoms with van der Waals surface area (Å²) in [4.78, 5) is 20.6. The molecule has 16 heavy (non-hydrogen) atoms. The van der Waals surface area contributed by atoms with Gasteiger partial charge in [0, 0.05) is 0 Å². The minimum Gasteiger partial charge on any atom is -0.544 e. The zero-order valence-corrected chi connectivity index (χ0v) is 9.62. The minimum absolute atomic E-state index is 0.268. The van der Waals surface area contributed by atoms with Crippen molar-refractivity contribution in [1.82, 2.24) is 0 Å². The van der Waals surface area contributed by atoms with E-state index in [0.717, 1.165) is 6.07 Å². The number of anilines is 1. The Bertz CT molecular complexity index is 443. The second-order valence-electron chi connectivity index (χ2n) is 2.53. The van der Waals surface area contributed by atoms with Crippen LogP contribution >= 0.6 is 27.3 Å². The van der Waals surface area contributed by atoms with Crippen LogP contribution in [0.2, 0.25) is 0 Å². The first-order chi connectivity index (χ1) is 7.21. The van der Waals surface area contributed by atoms with Gasteiger partial charge in [-0.05, 0) is 22.0 Å². The van der Waals surface area contributed by atoms with E-state index in [1.807, 2.05) is 0 Å². The molecule has 1 heterocycles. The Kier molecular flexibility index (Phi) is 3.58. The summed E-state index contributed by atoms with van der Waals surface area (Å²) in [6.45, 7) is 0. The molecule has 1 N–H and O–H groups in total. The fourth-order valence-electron chi connectivity index (χ4n) is 0.799. The molecule has 1 aromatic heterocycles. The highest BCUT2D eigenvalue weighted by molar-refractivity contribution is 9.11. The lowest BCUT2D eigenvalue weighted by molar-refractivity contribution is -0.254. The molecule has 0 saturated carbocycles. The Morgan fingerprint density at radius 1 is 1.44 bits per heavy atom. The number of thiophene rings is 1. The highest BCUT2D eigenvalue weighted by Crippen LogP contribution is 2.31. The van der Waals surface area contributed by atoms with Crippen molar-refractivity contribution in [1.29, 1.82) is 0 Å². The van der Waals surface area contributed by atoms with Crippen LogP contribution in [0.4, 0.5) is 18.9 Å². The maximum Gasteiger partial charge on any atom is 0.471 e. The zero-order valence-electron chi connectivity index (χ0n) is 7.22. The van der Waals surface area contributed by atoms with Crippen molar-refractivity contribution in [2.45, 2.75) is 6.18 Å². The Morgan fingerprint density at radius 3 is 2.44 bits per heavy atom. The average Bonchev–Trinajstić information content (AvgIpc) is 2.45. The van der Waals surface area contributed by atoms with E-state index < -0.39 is 28.6 Å². The van der Waals surface area contributed by atoms with Gasteiger partial charge in [-0.3, -0.25) is 4.79 Å². The smallest absolute Gasteiger partial charge is 0.471 e. The number of hydrogen-bond acceptors (Lipinski definition) is 4. The third-order valence-electron chi connectivity index (χ3n) is 1.39. The van der Waals surface area contributed by atoms with Crippen molar-refractivity contribution < 1.29 is 27.9 Å². The van der Waals surface area contributed by atoms with Crippen molar-refractivity contribution in [3.63, 3.8) is 0 Å². The van der Waals surface area contributed by atoms with Crippen LogP contribution in [0.25, 0.3) is 0 Å². The van der Waals surface area contributed by atoms with Gasteiger partial charge >= 0.3 is 12.1 Å². The Labute approximate surface area is 99.2 Å². The minimum atomic E-state index is -5.07. The first kappa shape index (κ1) is 13.0. The predicted molar refractivity (Wildman–Crippen MR) is 51.0 cm³/mol. The fourth-order valence-corrected chi connectivity index (χ4v) is 2.19. The van der Waals surface area contributed by atoms with Gasteiger partial charge in [-0.25, -0.2) is 0 Å². The average molecular weight is 317 g/mol. The zero-order chi connectivity index (χ0) is 12.5. The van der Waals surface area contributed by atoms with Gasteiger partial charge in [-0.1, -0.05) is 0 Å². The summed E-state index contributed by atoms with van der Waals surface area (Å²) < 4.78 is 35.9. The summed E-state index contributed by atoms with van der Waals surface area (Å²) in [5, 5.41) is 12.0. The van der Waals surface area contributed by atoms with E-state index in [-0.39, 0.29) is 3.79 Å². The summed E-state index contributed by atoms with van der Waals surface area (Å²) in [5.74, 6) is -3.89. The van der Waals surface area contributed by atoms with E-state index in [4.69, 9.17) is 0 Å². The fraction of sp³-hybridized carbons (Fsp3) is 0.143. The molecular formula is C7H2BrF3NO3S-. The summed E-state index contributed by atoms with van der Waals surface area (Å²) in [6, 6.07) is 1.06. The molecule has 88 valence electrons. The molecule has 0 fully saturated rings. The maximum absolute atomic E-state index is 11.9. The SMILES string of the molecule is O=C([O-])c1sc(Br)cc1NC(=O)C(F)(F)F. The summed E-state index contributed by atoms with van der Waals surface area (Å²) in [5.41, 5.74) is -0.445. The van der Waals surface area contributed by atoms with Crippen molar-refractivity contribution in [3.8, 4) is 0 Å². The molecule has 0 aliphatic heterocycles. The molecule has 0 aliphatic rings. The van der Waals surface area contributed by atoms with E-state index in [1.165, 1.54) is 5.32 Å². The van der Waals surface area contributed by atoms with E-state index in [2.05, 4.69) is 15.9 Å². The van der Waals surface area contributed by atoms with Crippen molar-refractivity contribution in [2.24, 2.45) is 0 Å². The van der Waals surface area contributed by atoms with Gasteiger partial charge < -0.3 is 15.2 Å². The van der Waals surface area contributed by atoms with Crippen LogP contribution in [0.15, 0.2) is 9.85 Å². The van der Waals surface area contributed by atoms with Crippen LogP contribution in [0.1, 0.15) is 9.67 Å². The summed E-state index contributed by atoms with van der Waals surface area (Å²) in [7, 11) is 0. The van der Waals surface area contributed by atoms with Crippen LogP contribution < -0.4 is 10.4 Å².